The van der Waals surface area contributed by atoms with E-state index in [0.29, 0.717) is 5.56 Å². The van der Waals surface area contributed by atoms with Crippen molar-refractivity contribution in [3.05, 3.63) is 35.6 Å². The van der Waals surface area contributed by atoms with Crippen molar-refractivity contribution in [2.75, 3.05) is 7.05 Å². The first kappa shape index (κ1) is 15.6. The number of primary amides is 1. The van der Waals surface area contributed by atoms with Crippen LogP contribution in [0, 0.1) is 11.7 Å². The topological polar surface area (TPSA) is 92.9 Å². The average molecular weight is 321 g/mol. The minimum Gasteiger partial charge on any atom is -0.368 e. The zero-order chi connectivity index (χ0) is 16.9. The molecule has 23 heavy (non-hydrogen) atoms. The fourth-order valence-corrected chi connectivity index (χ4v) is 3.04. The van der Waals surface area contributed by atoms with Gasteiger partial charge in [0.15, 0.2) is 6.10 Å². The Hall–Kier alpha value is -2.32. The summed E-state index contributed by atoms with van der Waals surface area (Å²) in [6.45, 7) is 1.53. The second kappa shape index (κ2) is 5.39. The van der Waals surface area contributed by atoms with Gasteiger partial charge in [-0.15, -0.1) is 0 Å². The van der Waals surface area contributed by atoms with Crippen LogP contribution in [-0.4, -0.2) is 46.9 Å². The van der Waals surface area contributed by atoms with Crippen molar-refractivity contribution in [2.45, 2.75) is 25.1 Å². The van der Waals surface area contributed by atoms with Crippen molar-refractivity contribution in [1.82, 2.24) is 9.96 Å². The molecule has 0 aromatic heterocycles. The number of likely N-dealkylation sites (N-methyl/N-ethyl adjacent to an activating group) is 1. The minimum atomic E-state index is -0.996. The summed E-state index contributed by atoms with van der Waals surface area (Å²) in [6.07, 6.45) is -0.996. The highest BCUT2D eigenvalue weighted by Crippen LogP contribution is 2.45. The van der Waals surface area contributed by atoms with Crippen LogP contribution in [0.25, 0.3) is 0 Å². The quantitative estimate of drug-likeness (QED) is 0.789. The van der Waals surface area contributed by atoms with Gasteiger partial charge in [-0.1, -0.05) is 12.1 Å². The first-order valence-corrected chi connectivity index (χ1v) is 7.14. The molecule has 3 rings (SSSR count). The van der Waals surface area contributed by atoms with Gasteiger partial charge in [0, 0.05) is 7.05 Å². The van der Waals surface area contributed by atoms with Crippen molar-refractivity contribution in [2.24, 2.45) is 11.7 Å². The number of hydrogen-bond acceptors (Lipinski definition) is 5. The Kier molecular flexibility index (Phi) is 3.65. The van der Waals surface area contributed by atoms with E-state index in [1.165, 1.54) is 43.3 Å². The maximum Gasteiger partial charge on any atom is 0.261 e. The van der Waals surface area contributed by atoms with E-state index in [0.717, 1.165) is 4.90 Å². The van der Waals surface area contributed by atoms with Crippen LogP contribution >= 0.6 is 0 Å². The molecule has 7 nitrogen and oxygen atoms in total. The Balaban J connectivity index is 2.05. The Morgan fingerprint density at radius 1 is 1.26 bits per heavy atom. The number of hydrogen-bond donors (Lipinski definition) is 1. The molecule has 2 fully saturated rings. The predicted octanol–water partition coefficient (Wildman–Crippen LogP) is -0.0288. The lowest BCUT2D eigenvalue weighted by molar-refractivity contribution is -0.195. The van der Waals surface area contributed by atoms with Gasteiger partial charge in [-0.2, -0.15) is 5.06 Å². The lowest BCUT2D eigenvalue weighted by Crippen LogP contribution is -2.44. The standard InChI is InChI=1S/C15H16FN3O4/c1-7(13(17)20)19-11(8-3-5-9(16)6-4-8)10-12(23-19)15(22)18(2)14(10)21/h3-7,10-12H,1-2H3,(H2,17,20). The molecule has 0 saturated carbocycles. The van der Waals surface area contributed by atoms with Crippen molar-refractivity contribution in [3.63, 3.8) is 0 Å². The lowest BCUT2D eigenvalue weighted by atomic mass is 9.90. The number of carbonyl (C=O) groups excluding carboxylic acids is 3. The van der Waals surface area contributed by atoms with E-state index < -0.39 is 47.6 Å². The van der Waals surface area contributed by atoms with E-state index in [4.69, 9.17) is 10.6 Å². The van der Waals surface area contributed by atoms with Crippen LogP contribution in [0.15, 0.2) is 24.3 Å². The maximum absolute atomic E-state index is 13.2. The van der Waals surface area contributed by atoms with Gasteiger partial charge in [-0.25, -0.2) is 4.39 Å². The number of amides is 3. The van der Waals surface area contributed by atoms with Gasteiger partial charge < -0.3 is 5.73 Å². The summed E-state index contributed by atoms with van der Waals surface area (Å²) >= 11 is 0. The smallest absolute Gasteiger partial charge is 0.261 e. The van der Waals surface area contributed by atoms with Crippen molar-refractivity contribution in [1.29, 1.82) is 0 Å². The van der Waals surface area contributed by atoms with E-state index in [-0.39, 0.29) is 0 Å². The molecule has 2 aliphatic heterocycles. The number of halogens is 1. The largest absolute Gasteiger partial charge is 0.368 e. The summed E-state index contributed by atoms with van der Waals surface area (Å²) in [6, 6.07) is 3.97. The van der Waals surface area contributed by atoms with E-state index in [9.17, 15) is 18.8 Å². The molecule has 2 saturated heterocycles. The molecule has 122 valence electrons. The van der Waals surface area contributed by atoms with Crippen LogP contribution in [0.4, 0.5) is 4.39 Å². The highest BCUT2D eigenvalue weighted by Gasteiger charge is 2.59. The van der Waals surface area contributed by atoms with Crippen LogP contribution < -0.4 is 5.73 Å². The van der Waals surface area contributed by atoms with E-state index in [1.54, 1.807) is 0 Å². The highest BCUT2D eigenvalue weighted by molar-refractivity contribution is 6.07. The molecule has 1 aromatic rings. The third-order valence-electron chi connectivity index (χ3n) is 4.37. The summed E-state index contributed by atoms with van der Waals surface area (Å²) in [5.41, 5.74) is 5.90. The van der Waals surface area contributed by atoms with Gasteiger partial charge in [0.05, 0.1) is 12.0 Å². The van der Waals surface area contributed by atoms with Gasteiger partial charge in [-0.3, -0.25) is 24.1 Å². The highest BCUT2D eigenvalue weighted by atomic mass is 19.1. The number of carbonyl (C=O) groups is 3. The van der Waals surface area contributed by atoms with E-state index in [1.807, 2.05) is 0 Å². The van der Waals surface area contributed by atoms with Crippen LogP contribution in [-0.2, 0) is 19.2 Å². The van der Waals surface area contributed by atoms with Crippen molar-refractivity contribution in [3.8, 4) is 0 Å². The zero-order valence-corrected chi connectivity index (χ0v) is 12.6. The van der Waals surface area contributed by atoms with Crippen LogP contribution in [0.5, 0.6) is 0 Å². The van der Waals surface area contributed by atoms with Crippen LogP contribution in [0.3, 0.4) is 0 Å². The maximum atomic E-state index is 13.2. The molecule has 0 spiro atoms. The monoisotopic (exact) mass is 321 g/mol. The molecule has 8 heteroatoms. The zero-order valence-electron chi connectivity index (χ0n) is 12.6. The van der Waals surface area contributed by atoms with E-state index >= 15 is 0 Å². The Labute approximate surface area is 131 Å². The molecule has 2 N–H and O–H groups in total. The number of benzene rings is 1. The Morgan fingerprint density at radius 3 is 2.43 bits per heavy atom. The molecular formula is C15H16FN3O4. The van der Waals surface area contributed by atoms with Gasteiger partial charge in [0.2, 0.25) is 11.8 Å². The average Bonchev–Trinajstić information content (AvgIpc) is 3.00. The van der Waals surface area contributed by atoms with Crippen LogP contribution in [0.2, 0.25) is 0 Å². The number of likely N-dealkylation sites (tertiary alicyclic amines) is 1. The molecule has 4 unspecified atom stereocenters. The second-order valence-corrected chi connectivity index (χ2v) is 5.72. The Morgan fingerprint density at radius 2 is 1.87 bits per heavy atom. The molecule has 2 aliphatic rings. The number of hydroxylamine groups is 2. The fraction of sp³-hybridized carbons (Fsp3) is 0.400. The summed E-state index contributed by atoms with van der Waals surface area (Å²) in [4.78, 5) is 42.7. The van der Waals surface area contributed by atoms with Gasteiger partial charge in [-0.05, 0) is 24.6 Å². The number of imide groups is 1. The minimum absolute atomic E-state index is 0.395. The number of nitrogens with two attached hydrogens (primary N) is 1. The van der Waals surface area contributed by atoms with Gasteiger partial charge >= 0.3 is 0 Å². The molecule has 4 atom stereocenters. The normalized spacial score (nSPS) is 29.0. The summed E-state index contributed by atoms with van der Waals surface area (Å²) in [5.74, 6) is -2.73. The molecular weight excluding hydrogens is 305 g/mol. The van der Waals surface area contributed by atoms with Crippen molar-refractivity contribution < 1.29 is 23.6 Å². The fourth-order valence-electron chi connectivity index (χ4n) is 3.04. The first-order valence-electron chi connectivity index (χ1n) is 7.14. The summed E-state index contributed by atoms with van der Waals surface area (Å²) in [5, 5.41) is 1.27. The molecule has 2 heterocycles. The Bertz CT molecular complexity index is 678. The SMILES string of the molecule is CC(C(N)=O)N1OC2C(=O)N(C)C(=O)C2C1c1ccc(F)cc1. The van der Waals surface area contributed by atoms with Crippen molar-refractivity contribution >= 4 is 17.7 Å². The number of rotatable bonds is 3. The molecule has 0 radical (unpaired) electrons. The number of nitrogens with zero attached hydrogens (tertiary/aromatic N) is 2. The third-order valence-corrected chi connectivity index (χ3v) is 4.37. The van der Waals surface area contributed by atoms with Crippen LogP contribution in [0.1, 0.15) is 18.5 Å². The first-order chi connectivity index (χ1) is 10.8. The number of fused-ring (bicyclic) bond motifs is 1. The van der Waals surface area contributed by atoms with Gasteiger partial charge in [0.1, 0.15) is 11.9 Å². The summed E-state index contributed by atoms with van der Waals surface area (Å²) < 4.78 is 13.2. The second-order valence-electron chi connectivity index (χ2n) is 5.72. The molecule has 0 aliphatic carbocycles. The third kappa shape index (κ3) is 2.30. The predicted molar refractivity (Wildman–Crippen MR) is 75.8 cm³/mol. The molecule has 1 aromatic carbocycles. The summed E-state index contributed by atoms with van der Waals surface area (Å²) in [7, 11) is 1.38. The van der Waals surface area contributed by atoms with Gasteiger partial charge in [0.25, 0.3) is 5.91 Å². The lowest BCUT2D eigenvalue weighted by Gasteiger charge is -2.29. The molecule has 3 amide bonds. The van der Waals surface area contributed by atoms with E-state index in [2.05, 4.69) is 0 Å². The molecule has 0 bridgehead atoms.